The average molecular weight is 340 g/mol. The van der Waals surface area contributed by atoms with Crippen molar-refractivity contribution in [1.82, 2.24) is 0 Å². The van der Waals surface area contributed by atoms with Crippen molar-refractivity contribution in [3.63, 3.8) is 0 Å². The van der Waals surface area contributed by atoms with Gasteiger partial charge in [0.1, 0.15) is 11.3 Å². The van der Waals surface area contributed by atoms with Crippen LogP contribution in [0.25, 0.3) is 11.0 Å². The predicted octanol–water partition coefficient (Wildman–Crippen LogP) is 6.14. The molecule has 1 saturated carbocycles. The summed E-state index contributed by atoms with van der Waals surface area (Å²) in [5.74, 6) is 4.06. The molecule has 134 valence electrons. The highest BCUT2D eigenvalue weighted by Gasteiger charge is 2.51. The Bertz CT molecular complexity index is 847. The third-order valence-electron chi connectivity index (χ3n) is 7.35. The maximum absolute atomic E-state index is 6.45. The van der Waals surface area contributed by atoms with Crippen molar-refractivity contribution in [2.24, 2.45) is 11.3 Å². The van der Waals surface area contributed by atoms with Crippen LogP contribution in [-0.2, 0) is 5.41 Å². The first kappa shape index (κ1) is 15.6. The smallest absolute Gasteiger partial charge is 0.231 e. The van der Waals surface area contributed by atoms with Crippen LogP contribution in [0.4, 0.5) is 0 Å². The second kappa shape index (κ2) is 4.96. The van der Waals surface area contributed by atoms with Gasteiger partial charge in [-0.2, -0.15) is 0 Å². The molecule has 5 rings (SSSR count). The Kier molecular flexibility index (Phi) is 3.09. The summed E-state index contributed by atoms with van der Waals surface area (Å²) in [6.45, 7) is 10.1. The van der Waals surface area contributed by atoms with Crippen LogP contribution >= 0.6 is 0 Å². The van der Waals surface area contributed by atoms with E-state index in [-0.39, 0.29) is 5.41 Å². The van der Waals surface area contributed by atoms with Crippen LogP contribution in [0.3, 0.4) is 0 Å². The van der Waals surface area contributed by atoms with E-state index in [0.29, 0.717) is 24.0 Å². The molecule has 0 N–H and O–H groups in total. The Hall–Kier alpha value is -1.64. The van der Waals surface area contributed by atoms with Gasteiger partial charge in [-0.15, -0.1) is 0 Å². The van der Waals surface area contributed by atoms with Gasteiger partial charge < -0.3 is 13.9 Å². The normalized spacial score (nSPS) is 33.0. The molecule has 2 heterocycles. The molecule has 3 atom stereocenters. The maximum Gasteiger partial charge on any atom is 0.231 e. The first-order valence-electron chi connectivity index (χ1n) is 9.77. The molecule has 1 aromatic heterocycles. The van der Waals surface area contributed by atoms with E-state index < -0.39 is 0 Å². The second-order valence-corrected chi connectivity index (χ2v) is 9.33. The highest BCUT2D eigenvalue weighted by Crippen LogP contribution is 2.60. The number of rotatable bonds is 0. The zero-order valence-electron chi connectivity index (χ0n) is 15.8. The van der Waals surface area contributed by atoms with Gasteiger partial charge in [0, 0.05) is 22.9 Å². The van der Waals surface area contributed by atoms with E-state index >= 15 is 0 Å². The summed E-state index contributed by atoms with van der Waals surface area (Å²) in [5, 5.41) is 1.25. The Morgan fingerprint density at radius 2 is 1.76 bits per heavy atom. The van der Waals surface area contributed by atoms with Gasteiger partial charge in [0.05, 0.1) is 0 Å². The summed E-state index contributed by atoms with van der Waals surface area (Å²) in [6.07, 6.45) is 6.39. The van der Waals surface area contributed by atoms with E-state index in [2.05, 4.69) is 33.8 Å². The molecule has 1 fully saturated rings. The van der Waals surface area contributed by atoms with Crippen LogP contribution in [0.1, 0.15) is 77.0 Å². The molecule has 2 aromatic rings. The summed E-state index contributed by atoms with van der Waals surface area (Å²) >= 11 is 0. The lowest BCUT2D eigenvalue weighted by atomic mass is 9.53. The summed E-state index contributed by atoms with van der Waals surface area (Å²) in [6, 6.07) is 4.20. The fourth-order valence-corrected chi connectivity index (χ4v) is 6.12. The van der Waals surface area contributed by atoms with Crippen molar-refractivity contribution in [2.45, 2.75) is 71.1 Å². The number of furan rings is 1. The fraction of sp³-hybridized carbons (Fsp3) is 0.636. The van der Waals surface area contributed by atoms with Crippen LogP contribution in [-0.4, -0.2) is 6.79 Å². The molecule has 25 heavy (non-hydrogen) atoms. The van der Waals surface area contributed by atoms with Crippen LogP contribution in [0.5, 0.6) is 11.5 Å². The highest BCUT2D eigenvalue weighted by atomic mass is 16.7. The van der Waals surface area contributed by atoms with Gasteiger partial charge in [-0.05, 0) is 48.5 Å². The molecule has 3 heteroatoms. The van der Waals surface area contributed by atoms with Crippen molar-refractivity contribution >= 4 is 11.0 Å². The van der Waals surface area contributed by atoms with E-state index in [9.17, 15) is 0 Å². The quantitative estimate of drug-likeness (QED) is 0.577. The third-order valence-corrected chi connectivity index (χ3v) is 7.35. The van der Waals surface area contributed by atoms with E-state index in [1.165, 1.54) is 48.8 Å². The molecule has 0 radical (unpaired) electrons. The topological polar surface area (TPSA) is 31.6 Å². The van der Waals surface area contributed by atoms with Gasteiger partial charge in [-0.1, -0.05) is 34.1 Å². The van der Waals surface area contributed by atoms with Crippen molar-refractivity contribution in [2.75, 3.05) is 6.79 Å². The Morgan fingerprint density at radius 1 is 1.00 bits per heavy atom. The summed E-state index contributed by atoms with van der Waals surface area (Å²) in [5.41, 5.74) is 2.99. The molecule has 0 spiro atoms. The van der Waals surface area contributed by atoms with Crippen molar-refractivity contribution in [1.29, 1.82) is 0 Å². The summed E-state index contributed by atoms with van der Waals surface area (Å²) < 4.78 is 17.7. The number of hydrogen-bond acceptors (Lipinski definition) is 3. The first-order chi connectivity index (χ1) is 11.9. The van der Waals surface area contributed by atoms with Crippen molar-refractivity contribution in [3.8, 4) is 11.5 Å². The summed E-state index contributed by atoms with van der Waals surface area (Å²) in [4.78, 5) is 0. The van der Waals surface area contributed by atoms with Gasteiger partial charge in [-0.25, -0.2) is 0 Å². The Labute approximate surface area is 149 Å². The average Bonchev–Trinajstić information content (AvgIpc) is 3.11. The van der Waals surface area contributed by atoms with Crippen molar-refractivity contribution in [3.05, 3.63) is 23.5 Å². The van der Waals surface area contributed by atoms with E-state index in [1.54, 1.807) is 0 Å². The molecule has 3 nitrogen and oxygen atoms in total. The minimum Gasteiger partial charge on any atom is -0.460 e. The van der Waals surface area contributed by atoms with Crippen LogP contribution in [0.15, 0.2) is 16.5 Å². The molecule has 3 aliphatic rings. The minimum absolute atomic E-state index is 0.181. The van der Waals surface area contributed by atoms with Gasteiger partial charge in [-0.3, -0.25) is 0 Å². The summed E-state index contributed by atoms with van der Waals surface area (Å²) in [7, 11) is 0. The number of hydrogen-bond donors (Lipinski definition) is 0. The first-order valence-corrected chi connectivity index (χ1v) is 9.77. The highest BCUT2D eigenvalue weighted by molar-refractivity contribution is 5.87. The molecule has 0 unspecified atom stereocenters. The lowest BCUT2D eigenvalue weighted by Crippen LogP contribution is -2.44. The molecule has 0 saturated heterocycles. The zero-order valence-corrected chi connectivity index (χ0v) is 15.8. The minimum atomic E-state index is 0.181. The van der Waals surface area contributed by atoms with E-state index in [4.69, 9.17) is 13.9 Å². The fourth-order valence-electron chi connectivity index (χ4n) is 6.12. The SMILES string of the molecule is C[C@@H]1CC[C@H]2C(C)(C)CCC[C@]2(C)c2c1oc1cc3c(cc21)OCO3. The largest absolute Gasteiger partial charge is 0.460 e. The van der Waals surface area contributed by atoms with Crippen LogP contribution < -0.4 is 9.47 Å². The van der Waals surface area contributed by atoms with Gasteiger partial charge in [0.15, 0.2) is 11.5 Å². The Morgan fingerprint density at radius 3 is 2.56 bits per heavy atom. The van der Waals surface area contributed by atoms with Gasteiger partial charge in [0.25, 0.3) is 0 Å². The molecular weight excluding hydrogens is 312 g/mol. The van der Waals surface area contributed by atoms with Gasteiger partial charge >= 0.3 is 0 Å². The molecule has 0 bridgehead atoms. The van der Waals surface area contributed by atoms with Crippen LogP contribution in [0, 0.1) is 11.3 Å². The predicted molar refractivity (Wildman–Crippen MR) is 98.5 cm³/mol. The number of benzene rings is 1. The Balaban J connectivity index is 1.79. The second-order valence-electron chi connectivity index (χ2n) is 9.33. The third kappa shape index (κ3) is 2.04. The molecular formula is C22H28O3. The molecule has 2 aliphatic carbocycles. The van der Waals surface area contributed by atoms with Crippen LogP contribution in [0.2, 0.25) is 0 Å². The molecule has 0 amide bonds. The maximum atomic E-state index is 6.45. The number of ether oxygens (including phenoxy) is 2. The lowest BCUT2D eigenvalue weighted by molar-refractivity contribution is 0.0504. The zero-order chi connectivity index (χ0) is 17.4. The number of fused-ring (bicyclic) bond motifs is 6. The molecule has 1 aliphatic heterocycles. The standard InChI is InChI=1S/C22H28O3/c1-13-6-7-18-21(2,3)8-5-9-22(18,4)19-14-10-16-17(24-12-23-16)11-15(14)25-20(13)19/h10-11,13,18H,5-9,12H2,1-4H3/t13-,18+,22+/m1/s1. The van der Waals surface area contributed by atoms with E-state index in [1.807, 2.05) is 6.07 Å². The lowest BCUT2D eigenvalue weighted by Gasteiger charge is -2.50. The van der Waals surface area contributed by atoms with E-state index in [0.717, 1.165) is 17.1 Å². The monoisotopic (exact) mass is 340 g/mol. The van der Waals surface area contributed by atoms with Crippen molar-refractivity contribution < 1.29 is 13.9 Å². The molecule has 1 aromatic carbocycles. The van der Waals surface area contributed by atoms with Gasteiger partial charge in [0.2, 0.25) is 6.79 Å².